The summed E-state index contributed by atoms with van der Waals surface area (Å²) < 4.78 is 15.6. The Morgan fingerprint density at radius 2 is 1.92 bits per heavy atom. The largest absolute Gasteiger partial charge is 0.454 e. The summed E-state index contributed by atoms with van der Waals surface area (Å²) in [5, 5.41) is 6.59. The van der Waals surface area contributed by atoms with E-state index in [1.165, 1.54) is 0 Å². The molecule has 1 amide bonds. The highest BCUT2D eigenvalue weighted by atomic mass is 16.7. The predicted molar refractivity (Wildman–Crippen MR) is 83.5 cm³/mol. The molecule has 1 aliphatic rings. The average Bonchev–Trinajstić information content (AvgIpc) is 3.29. The molecule has 7 nitrogen and oxygen atoms in total. The molecule has 0 saturated carbocycles. The molecular formula is C17H13N3O4. The second kappa shape index (κ2) is 6.04. The molecule has 3 aromatic rings. The zero-order valence-electron chi connectivity index (χ0n) is 12.6. The van der Waals surface area contributed by atoms with Gasteiger partial charge in [0.2, 0.25) is 12.6 Å². The monoisotopic (exact) mass is 323 g/mol. The van der Waals surface area contributed by atoms with Crippen molar-refractivity contribution in [1.82, 2.24) is 15.5 Å². The number of carbonyl (C=O) groups is 1. The third-order valence-electron chi connectivity index (χ3n) is 3.55. The fourth-order valence-electron chi connectivity index (χ4n) is 2.32. The summed E-state index contributed by atoms with van der Waals surface area (Å²) in [5.74, 6) is 1.10. The Labute approximate surface area is 137 Å². The topological polar surface area (TPSA) is 86.5 Å². The third-order valence-corrected chi connectivity index (χ3v) is 3.55. The number of nitrogens with one attached hydrogen (secondary N) is 1. The average molecular weight is 323 g/mol. The maximum absolute atomic E-state index is 12.1. The first kappa shape index (κ1) is 14.3. The van der Waals surface area contributed by atoms with Gasteiger partial charge in [0.25, 0.3) is 0 Å². The van der Waals surface area contributed by atoms with Gasteiger partial charge in [-0.2, -0.15) is 4.98 Å². The zero-order valence-corrected chi connectivity index (χ0v) is 12.6. The van der Waals surface area contributed by atoms with Crippen LogP contribution in [0.25, 0.3) is 11.4 Å². The number of fused-ring (bicyclic) bond motifs is 1. The molecule has 0 saturated heterocycles. The van der Waals surface area contributed by atoms with Crippen LogP contribution in [0.15, 0.2) is 53.1 Å². The van der Waals surface area contributed by atoms with Gasteiger partial charge >= 0.3 is 11.8 Å². The van der Waals surface area contributed by atoms with E-state index in [1.807, 2.05) is 30.3 Å². The Kier molecular flexibility index (Phi) is 3.59. The van der Waals surface area contributed by atoms with Gasteiger partial charge in [0.05, 0.1) is 0 Å². The van der Waals surface area contributed by atoms with E-state index in [-0.39, 0.29) is 12.7 Å². The molecule has 0 bridgehead atoms. The van der Waals surface area contributed by atoms with Gasteiger partial charge in [0.15, 0.2) is 11.5 Å². The Bertz CT molecular complexity index is 877. The summed E-state index contributed by atoms with van der Waals surface area (Å²) in [6.45, 7) is 0.583. The molecule has 1 N–H and O–H groups in total. The van der Waals surface area contributed by atoms with Crippen LogP contribution >= 0.6 is 0 Å². The summed E-state index contributed by atoms with van der Waals surface area (Å²) in [6, 6.07) is 14.9. The lowest BCUT2D eigenvalue weighted by molar-refractivity contribution is 0.0907. The van der Waals surface area contributed by atoms with Crippen LogP contribution in [0.5, 0.6) is 11.5 Å². The van der Waals surface area contributed by atoms with E-state index in [0.29, 0.717) is 29.4 Å². The number of nitrogens with zero attached hydrogens (tertiary/aromatic N) is 2. The van der Waals surface area contributed by atoms with Crippen LogP contribution in [-0.4, -0.2) is 22.8 Å². The van der Waals surface area contributed by atoms with Crippen molar-refractivity contribution in [1.29, 1.82) is 0 Å². The van der Waals surface area contributed by atoms with Crippen LogP contribution in [0.1, 0.15) is 16.2 Å². The van der Waals surface area contributed by atoms with E-state index in [1.54, 1.807) is 18.2 Å². The van der Waals surface area contributed by atoms with Gasteiger partial charge < -0.3 is 19.3 Å². The number of aromatic nitrogens is 2. The van der Waals surface area contributed by atoms with Gasteiger partial charge in [-0.05, 0) is 23.8 Å². The minimum Gasteiger partial charge on any atom is -0.454 e. The summed E-state index contributed by atoms with van der Waals surface area (Å²) >= 11 is 0. The van der Waals surface area contributed by atoms with Crippen LogP contribution in [0, 0.1) is 0 Å². The van der Waals surface area contributed by atoms with Crippen molar-refractivity contribution >= 4 is 5.91 Å². The van der Waals surface area contributed by atoms with Gasteiger partial charge in [0, 0.05) is 12.1 Å². The molecule has 4 rings (SSSR count). The molecular weight excluding hydrogens is 310 g/mol. The standard InChI is InChI=1S/C17H13N3O4/c21-16(18-9-11-4-2-1-3-5-11)17-19-15(20-24-17)12-6-7-13-14(8-12)23-10-22-13/h1-8H,9-10H2,(H,18,21). The number of benzene rings is 2. The van der Waals surface area contributed by atoms with Crippen molar-refractivity contribution in [3.63, 3.8) is 0 Å². The first-order valence-corrected chi connectivity index (χ1v) is 7.35. The van der Waals surface area contributed by atoms with E-state index in [2.05, 4.69) is 15.5 Å². The van der Waals surface area contributed by atoms with Crippen LogP contribution in [0.3, 0.4) is 0 Å². The SMILES string of the molecule is O=C(NCc1ccccc1)c1nc(-c2ccc3c(c2)OCO3)no1. The molecule has 2 aromatic carbocycles. The summed E-state index contributed by atoms with van der Waals surface area (Å²) in [7, 11) is 0. The lowest BCUT2D eigenvalue weighted by Crippen LogP contribution is -2.23. The fourth-order valence-corrected chi connectivity index (χ4v) is 2.32. The van der Waals surface area contributed by atoms with E-state index in [0.717, 1.165) is 5.56 Å². The molecule has 0 fully saturated rings. The molecule has 0 spiro atoms. The first-order chi connectivity index (χ1) is 11.8. The fraction of sp³-hybridized carbons (Fsp3) is 0.118. The lowest BCUT2D eigenvalue weighted by Gasteiger charge is -2.01. The molecule has 2 heterocycles. The lowest BCUT2D eigenvalue weighted by atomic mass is 10.2. The Morgan fingerprint density at radius 3 is 2.79 bits per heavy atom. The zero-order chi connectivity index (χ0) is 16.4. The van der Waals surface area contributed by atoms with Crippen molar-refractivity contribution < 1.29 is 18.8 Å². The Morgan fingerprint density at radius 1 is 1.08 bits per heavy atom. The molecule has 120 valence electrons. The van der Waals surface area contributed by atoms with Gasteiger partial charge in [0.1, 0.15) is 0 Å². The molecule has 0 aliphatic carbocycles. The van der Waals surface area contributed by atoms with Crippen LogP contribution < -0.4 is 14.8 Å². The number of amides is 1. The highest BCUT2D eigenvalue weighted by Crippen LogP contribution is 2.35. The molecule has 0 atom stereocenters. The highest BCUT2D eigenvalue weighted by molar-refractivity contribution is 5.89. The van der Waals surface area contributed by atoms with Crippen LogP contribution in [0.4, 0.5) is 0 Å². The van der Waals surface area contributed by atoms with Crippen molar-refractivity contribution in [3.8, 4) is 22.9 Å². The second-order valence-corrected chi connectivity index (χ2v) is 5.16. The van der Waals surface area contributed by atoms with Gasteiger partial charge in [-0.25, -0.2) is 0 Å². The van der Waals surface area contributed by atoms with Crippen molar-refractivity contribution in [2.75, 3.05) is 6.79 Å². The third kappa shape index (κ3) is 2.79. The first-order valence-electron chi connectivity index (χ1n) is 7.35. The maximum atomic E-state index is 12.1. The summed E-state index contributed by atoms with van der Waals surface area (Å²) in [5.41, 5.74) is 1.67. The maximum Gasteiger partial charge on any atom is 0.316 e. The summed E-state index contributed by atoms with van der Waals surface area (Å²) in [6.07, 6.45) is 0. The number of carbonyl (C=O) groups excluding carboxylic acids is 1. The molecule has 24 heavy (non-hydrogen) atoms. The Hall–Kier alpha value is -3.35. The van der Waals surface area contributed by atoms with E-state index in [4.69, 9.17) is 14.0 Å². The number of hydrogen-bond donors (Lipinski definition) is 1. The van der Waals surface area contributed by atoms with Crippen molar-refractivity contribution in [2.45, 2.75) is 6.54 Å². The van der Waals surface area contributed by atoms with Crippen LogP contribution in [-0.2, 0) is 6.54 Å². The highest BCUT2D eigenvalue weighted by Gasteiger charge is 2.19. The van der Waals surface area contributed by atoms with Crippen LogP contribution in [0.2, 0.25) is 0 Å². The Balaban J connectivity index is 1.47. The number of rotatable bonds is 4. The van der Waals surface area contributed by atoms with E-state index >= 15 is 0 Å². The molecule has 1 aliphatic heterocycles. The smallest absolute Gasteiger partial charge is 0.316 e. The normalized spacial score (nSPS) is 12.2. The quantitative estimate of drug-likeness (QED) is 0.793. The van der Waals surface area contributed by atoms with Crippen molar-refractivity contribution in [3.05, 3.63) is 60.0 Å². The molecule has 0 radical (unpaired) electrons. The van der Waals surface area contributed by atoms with Gasteiger partial charge in [-0.3, -0.25) is 4.79 Å². The molecule has 1 aromatic heterocycles. The van der Waals surface area contributed by atoms with Gasteiger partial charge in [-0.1, -0.05) is 35.5 Å². The predicted octanol–water partition coefficient (Wildman–Crippen LogP) is 2.40. The summed E-state index contributed by atoms with van der Waals surface area (Å²) in [4.78, 5) is 16.2. The van der Waals surface area contributed by atoms with E-state index < -0.39 is 5.91 Å². The van der Waals surface area contributed by atoms with Gasteiger partial charge in [-0.15, -0.1) is 0 Å². The number of hydrogen-bond acceptors (Lipinski definition) is 6. The molecule has 0 unspecified atom stereocenters. The van der Waals surface area contributed by atoms with E-state index in [9.17, 15) is 4.79 Å². The van der Waals surface area contributed by atoms with Crippen molar-refractivity contribution in [2.24, 2.45) is 0 Å². The number of ether oxygens (including phenoxy) is 2. The second-order valence-electron chi connectivity index (χ2n) is 5.16. The minimum absolute atomic E-state index is 0.0846. The molecule has 7 heteroatoms. The minimum atomic E-state index is -0.418.